The average molecular weight is 457 g/mol. The Bertz CT molecular complexity index is 990. The van der Waals surface area contributed by atoms with Crippen molar-refractivity contribution in [1.82, 2.24) is 15.1 Å². The van der Waals surface area contributed by atoms with E-state index in [4.69, 9.17) is 4.74 Å². The molecule has 0 bridgehead atoms. The van der Waals surface area contributed by atoms with Gasteiger partial charge in [0.25, 0.3) is 0 Å². The summed E-state index contributed by atoms with van der Waals surface area (Å²) >= 11 is 1.42. The number of carbonyl (C=O) groups excluding carboxylic acids is 2. The summed E-state index contributed by atoms with van der Waals surface area (Å²) in [4.78, 5) is 33.5. The van der Waals surface area contributed by atoms with E-state index in [1.807, 2.05) is 23.1 Å². The molecule has 4 heterocycles. The monoisotopic (exact) mass is 456 g/mol. The summed E-state index contributed by atoms with van der Waals surface area (Å²) < 4.78 is 5.34. The highest BCUT2D eigenvalue weighted by Gasteiger charge is 2.37. The van der Waals surface area contributed by atoms with E-state index in [9.17, 15) is 9.59 Å². The topological polar surface area (TPSA) is 82.1 Å². The van der Waals surface area contributed by atoms with Crippen LogP contribution in [0, 0.1) is 0 Å². The average Bonchev–Trinajstić information content (AvgIpc) is 3.59. The molecule has 2 aromatic rings. The van der Waals surface area contributed by atoms with Crippen molar-refractivity contribution < 1.29 is 14.3 Å². The van der Waals surface area contributed by atoms with Crippen molar-refractivity contribution in [1.29, 1.82) is 0 Å². The van der Waals surface area contributed by atoms with Gasteiger partial charge in [0.2, 0.25) is 22.1 Å². The second-order valence-electron chi connectivity index (χ2n) is 8.38. The first-order valence-corrected chi connectivity index (χ1v) is 12.0. The Labute approximate surface area is 191 Å². The number of carbonyl (C=O) groups is 2. The molecule has 3 aliphatic rings. The van der Waals surface area contributed by atoms with Gasteiger partial charge in [0.15, 0.2) is 0 Å². The van der Waals surface area contributed by atoms with Gasteiger partial charge in [-0.05, 0) is 31.4 Å². The van der Waals surface area contributed by atoms with Gasteiger partial charge in [0, 0.05) is 57.4 Å². The number of hydrogen-bond donors (Lipinski definition) is 0. The third-order valence-corrected chi connectivity index (χ3v) is 7.48. The molecule has 0 saturated carbocycles. The summed E-state index contributed by atoms with van der Waals surface area (Å²) in [7, 11) is 1.67. The van der Waals surface area contributed by atoms with Crippen LogP contribution in [0.4, 0.5) is 16.0 Å². The SMILES string of the molecule is COc1cccc(N2CCN(C(=O)[C@@H]3CCCN3c3nnc(N4CCCC4=O)s3)CC2)c1. The Morgan fingerprint density at radius 3 is 2.62 bits per heavy atom. The van der Waals surface area contributed by atoms with Crippen LogP contribution in [0.3, 0.4) is 0 Å². The van der Waals surface area contributed by atoms with Crippen LogP contribution in [0.1, 0.15) is 25.7 Å². The Hall–Kier alpha value is -2.88. The van der Waals surface area contributed by atoms with E-state index in [-0.39, 0.29) is 17.9 Å². The zero-order valence-electron chi connectivity index (χ0n) is 18.3. The third-order valence-electron chi connectivity index (χ3n) is 6.50. The van der Waals surface area contributed by atoms with Crippen LogP contribution >= 0.6 is 11.3 Å². The molecule has 1 aromatic heterocycles. The first kappa shape index (κ1) is 21.0. The molecular weight excluding hydrogens is 428 g/mol. The van der Waals surface area contributed by atoms with Crippen LogP contribution in [0.25, 0.3) is 0 Å². The Morgan fingerprint density at radius 2 is 1.88 bits per heavy atom. The Morgan fingerprint density at radius 1 is 1.06 bits per heavy atom. The fraction of sp³-hybridized carbons (Fsp3) is 0.545. The highest BCUT2D eigenvalue weighted by molar-refractivity contribution is 7.19. The van der Waals surface area contributed by atoms with Gasteiger partial charge < -0.3 is 19.4 Å². The van der Waals surface area contributed by atoms with E-state index in [2.05, 4.69) is 26.1 Å². The molecule has 1 atom stereocenters. The van der Waals surface area contributed by atoms with Gasteiger partial charge in [-0.15, -0.1) is 10.2 Å². The molecule has 3 fully saturated rings. The zero-order chi connectivity index (χ0) is 22.1. The van der Waals surface area contributed by atoms with Crippen LogP contribution in [0.2, 0.25) is 0 Å². The smallest absolute Gasteiger partial charge is 0.245 e. The first-order chi connectivity index (χ1) is 15.6. The summed E-state index contributed by atoms with van der Waals surface area (Å²) in [5.41, 5.74) is 1.12. The van der Waals surface area contributed by atoms with Crippen molar-refractivity contribution in [3.8, 4) is 5.75 Å². The lowest BCUT2D eigenvalue weighted by Gasteiger charge is -2.38. The third kappa shape index (κ3) is 3.99. The number of rotatable bonds is 5. The minimum atomic E-state index is -0.201. The van der Waals surface area contributed by atoms with E-state index in [1.165, 1.54) is 11.3 Å². The first-order valence-electron chi connectivity index (χ1n) is 11.2. The normalized spacial score (nSPS) is 21.5. The molecule has 9 nitrogen and oxygen atoms in total. The van der Waals surface area contributed by atoms with Gasteiger partial charge in [-0.3, -0.25) is 14.5 Å². The number of aromatic nitrogens is 2. The van der Waals surface area contributed by atoms with E-state index >= 15 is 0 Å². The minimum Gasteiger partial charge on any atom is -0.497 e. The summed E-state index contributed by atoms with van der Waals surface area (Å²) in [6.07, 6.45) is 3.21. The second-order valence-corrected chi connectivity index (χ2v) is 9.32. The lowest BCUT2D eigenvalue weighted by Crippen LogP contribution is -2.53. The predicted molar refractivity (Wildman–Crippen MR) is 124 cm³/mol. The van der Waals surface area contributed by atoms with E-state index in [0.717, 1.165) is 55.5 Å². The summed E-state index contributed by atoms with van der Waals surface area (Å²) in [5, 5.41) is 9.97. The summed E-state index contributed by atoms with van der Waals surface area (Å²) in [6, 6.07) is 7.85. The number of amides is 2. The van der Waals surface area contributed by atoms with Gasteiger partial charge in [-0.2, -0.15) is 0 Å². The number of piperazine rings is 1. The van der Waals surface area contributed by atoms with Crippen LogP contribution in [0.5, 0.6) is 5.75 Å². The molecule has 3 saturated heterocycles. The van der Waals surface area contributed by atoms with Gasteiger partial charge >= 0.3 is 0 Å². The van der Waals surface area contributed by atoms with Crippen LogP contribution in [-0.4, -0.2) is 79.3 Å². The number of ether oxygens (including phenoxy) is 1. The maximum atomic E-state index is 13.4. The predicted octanol–water partition coefficient (Wildman–Crippen LogP) is 1.99. The van der Waals surface area contributed by atoms with Gasteiger partial charge in [-0.1, -0.05) is 17.4 Å². The minimum absolute atomic E-state index is 0.107. The van der Waals surface area contributed by atoms with E-state index < -0.39 is 0 Å². The maximum absolute atomic E-state index is 13.4. The number of hydrogen-bond acceptors (Lipinski definition) is 8. The molecule has 0 aliphatic carbocycles. The van der Waals surface area contributed by atoms with Crippen molar-refractivity contribution in [3.05, 3.63) is 24.3 Å². The molecule has 1 aromatic carbocycles. The van der Waals surface area contributed by atoms with Crippen molar-refractivity contribution >= 4 is 39.1 Å². The van der Waals surface area contributed by atoms with Crippen molar-refractivity contribution in [2.75, 3.05) is 61.1 Å². The lowest BCUT2D eigenvalue weighted by molar-refractivity contribution is -0.132. The highest BCUT2D eigenvalue weighted by atomic mass is 32.1. The fourth-order valence-electron chi connectivity index (χ4n) is 4.74. The van der Waals surface area contributed by atoms with E-state index in [0.29, 0.717) is 31.2 Å². The molecular formula is C22H28N6O3S. The highest BCUT2D eigenvalue weighted by Crippen LogP contribution is 2.34. The molecule has 0 N–H and O–H groups in total. The van der Waals surface area contributed by atoms with Crippen LogP contribution in [-0.2, 0) is 9.59 Å². The van der Waals surface area contributed by atoms with Crippen molar-refractivity contribution in [2.45, 2.75) is 31.7 Å². The van der Waals surface area contributed by atoms with Gasteiger partial charge in [-0.25, -0.2) is 0 Å². The van der Waals surface area contributed by atoms with Gasteiger partial charge in [0.1, 0.15) is 11.8 Å². The molecule has 170 valence electrons. The molecule has 0 radical (unpaired) electrons. The van der Waals surface area contributed by atoms with Crippen molar-refractivity contribution in [2.24, 2.45) is 0 Å². The largest absolute Gasteiger partial charge is 0.497 e. The van der Waals surface area contributed by atoms with E-state index in [1.54, 1.807) is 12.0 Å². The van der Waals surface area contributed by atoms with Crippen LogP contribution < -0.4 is 19.4 Å². The number of nitrogens with zero attached hydrogens (tertiary/aromatic N) is 6. The van der Waals surface area contributed by atoms with Crippen molar-refractivity contribution in [3.63, 3.8) is 0 Å². The molecule has 3 aliphatic heterocycles. The molecule has 0 unspecified atom stereocenters. The standard InChI is InChI=1S/C22H28N6O3S/c1-31-17-6-2-5-16(15-17)25-11-13-26(14-12-25)20(30)18-7-3-9-27(18)21-23-24-22(32-21)28-10-4-8-19(28)29/h2,5-6,15,18H,3-4,7-14H2,1H3/t18-/m0/s1. The lowest BCUT2D eigenvalue weighted by atomic mass is 10.1. The molecule has 32 heavy (non-hydrogen) atoms. The molecule has 5 rings (SSSR count). The number of benzene rings is 1. The Balaban J connectivity index is 1.23. The maximum Gasteiger partial charge on any atom is 0.245 e. The number of methoxy groups -OCH3 is 1. The number of anilines is 3. The fourth-order valence-corrected chi connectivity index (χ4v) is 5.70. The summed E-state index contributed by atoms with van der Waals surface area (Å²) in [5.74, 6) is 1.12. The van der Waals surface area contributed by atoms with Gasteiger partial charge in [0.05, 0.1) is 7.11 Å². The zero-order valence-corrected chi connectivity index (χ0v) is 19.1. The van der Waals surface area contributed by atoms with Crippen LogP contribution in [0.15, 0.2) is 24.3 Å². The summed E-state index contributed by atoms with van der Waals surface area (Å²) in [6.45, 7) is 4.49. The molecule has 0 spiro atoms. The quantitative estimate of drug-likeness (QED) is 0.681. The second kappa shape index (κ2) is 8.93. The molecule has 10 heteroatoms. The molecule has 2 amide bonds. The Kier molecular flexibility index (Phi) is 5.86.